The van der Waals surface area contributed by atoms with Crippen molar-refractivity contribution in [3.63, 3.8) is 0 Å². The lowest BCUT2D eigenvalue weighted by atomic mass is 10.1. The third kappa shape index (κ3) is 4.78. The van der Waals surface area contributed by atoms with E-state index >= 15 is 0 Å². The van der Waals surface area contributed by atoms with Crippen molar-refractivity contribution in [2.45, 2.75) is 0 Å². The summed E-state index contributed by atoms with van der Waals surface area (Å²) in [6, 6.07) is 20.8. The van der Waals surface area contributed by atoms with Crippen LogP contribution < -0.4 is 19.0 Å². The molecule has 0 aliphatic carbocycles. The molecule has 8 heteroatoms. The van der Waals surface area contributed by atoms with Crippen LogP contribution in [0.3, 0.4) is 0 Å². The fraction of sp³-hybridized carbons (Fsp3) is 0.154. The molecule has 0 radical (unpaired) electrons. The Morgan fingerprint density at radius 3 is 1.97 bits per heavy atom. The Balaban J connectivity index is 1.85. The van der Waals surface area contributed by atoms with Gasteiger partial charge < -0.3 is 18.8 Å². The number of carbonyl (C=O) groups is 1. The number of benzene rings is 3. The molecule has 4 aromatic rings. The molecule has 0 unspecified atom stereocenters. The Kier molecular flexibility index (Phi) is 7.19. The lowest BCUT2D eigenvalue weighted by Crippen LogP contribution is -2.14. The van der Waals surface area contributed by atoms with Crippen molar-refractivity contribution in [1.82, 2.24) is 4.57 Å². The number of methoxy groups -OCH3 is 3. The van der Waals surface area contributed by atoms with E-state index in [9.17, 15) is 4.79 Å². The quantitative estimate of drug-likeness (QED) is 0.304. The molecule has 4 rings (SSSR count). The molecule has 3 aromatic carbocycles. The van der Waals surface area contributed by atoms with E-state index in [-0.39, 0.29) is 5.91 Å². The third-order valence-electron chi connectivity index (χ3n) is 5.34. The number of hydrogen-bond donors (Lipinski definition) is 0. The van der Waals surface area contributed by atoms with Crippen molar-refractivity contribution >= 4 is 33.2 Å². The SMILES string of the molecule is COc1ccc(-c2sc(=NC(=O)c3ccc(OC)c(Br)c3)n(C)c2-c2ccc(OC)cc2)cc1. The van der Waals surface area contributed by atoms with E-state index in [1.807, 2.05) is 60.1 Å². The number of halogens is 1. The predicted octanol–water partition coefficient (Wildman–Crippen LogP) is 5.95. The van der Waals surface area contributed by atoms with E-state index in [0.29, 0.717) is 20.6 Å². The summed E-state index contributed by atoms with van der Waals surface area (Å²) in [5.74, 6) is 1.88. The minimum Gasteiger partial charge on any atom is -0.497 e. The van der Waals surface area contributed by atoms with Crippen molar-refractivity contribution in [2.75, 3.05) is 21.3 Å². The average Bonchev–Trinajstić information content (AvgIpc) is 3.19. The van der Waals surface area contributed by atoms with Gasteiger partial charge in [-0.3, -0.25) is 4.79 Å². The van der Waals surface area contributed by atoms with E-state index in [1.54, 1.807) is 39.5 Å². The molecular formula is C26H23BrN2O4S. The smallest absolute Gasteiger partial charge is 0.279 e. The van der Waals surface area contributed by atoms with Crippen LogP contribution in [0, 0.1) is 0 Å². The molecule has 0 aliphatic heterocycles. The molecule has 1 heterocycles. The van der Waals surface area contributed by atoms with Crippen molar-refractivity contribution in [1.29, 1.82) is 0 Å². The number of amides is 1. The molecule has 0 bridgehead atoms. The van der Waals surface area contributed by atoms with Crippen LogP contribution in [0.1, 0.15) is 10.4 Å². The van der Waals surface area contributed by atoms with Gasteiger partial charge in [0.05, 0.1) is 36.4 Å². The van der Waals surface area contributed by atoms with Gasteiger partial charge in [-0.25, -0.2) is 0 Å². The van der Waals surface area contributed by atoms with Crippen LogP contribution in [-0.2, 0) is 7.05 Å². The third-order valence-corrected chi connectivity index (χ3v) is 7.14. The number of aromatic nitrogens is 1. The summed E-state index contributed by atoms with van der Waals surface area (Å²) in [6.07, 6.45) is 0. The highest BCUT2D eigenvalue weighted by Gasteiger charge is 2.17. The maximum absolute atomic E-state index is 13.0. The van der Waals surface area contributed by atoms with Gasteiger partial charge in [-0.2, -0.15) is 4.99 Å². The van der Waals surface area contributed by atoms with Gasteiger partial charge in [-0.05, 0) is 93.8 Å². The van der Waals surface area contributed by atoms with Crippen molar-refractivity contribution in [3.8, 4) is 38.9 Å². The van der Waals surface area contributed by atoms with Gasteiger partial charge in [0.2, 0.25) is 0 Å². The minimum atomic E-state index is -0.331. The average molecular weight is 539 g/mol. The number of ether oxygens (including phenoxy) is 3. The summed E-state index contributed by atoms with van der Waals surface area (Å²) < 4.78 is 18.5. The topological polar surface area (TPSA) is 62.0 Å². The zero-order chi connectivity index (χ0) is 24.2. The van der Waals surface area contributed by atoms with Crippen LogP contribution in [0.15, 0.2) is 76.2 Å². The first-order chi connectivity index (χ1) is 16.4. The Morgan fingerprint density at radius 2 is 1.44 bits per heavy atom. The van der Waals surface area contributed by atoms with Gasteiger partial charge in [0, 0.05) is 12.6 Å². The van der Waals surface area contributed by atoms with Crippen molar-refractivity contribution < 1.29 is 19.0 Å². The maximum atomic E-state index is 13.0. The number of nitrogens with zero attached hydrogens (tertiary/aromatic N) is 2. The van der Waals surface area contributed by atoms with Gasteiger partial charge >= 0.3 is 0 Å². The molecule has 1 aromatic heterocycles. The zero-order valence-electron chi connectivity index (χ0n) is 19.2. The minimum absolute atomic E-state index is 0.331. The first-order valence-electron chi connectivity index (χ1n) is 10.4. The summed E-state index contributed by atoms with van der Waals surface area (Å²) in [6.45, 7) is 0. The lowest BCUT2D eigenvalue weighted by molar-refractivity contribution is 0.0998. The summed E-state index contributed by atoms with van der Waals surface area (Å²) in [5.41, 5.74) is 3.43. The van der Waals surface area contributed by atoms with Crippen LogP contribution in [0.2, 0.25) is 0 Å². The van der Waals surface area contributed by atoms with Crippen LogP contribution in [0.4, 0.5) is 0 Å². The highest BCUT2D eigenvalue weighted by Crippen LogP contribution is 2.36. The predicted molar refractivity (Wildman–Crippen MR) is 138 cm³/mol. The second-order valence-corrected chi connectivity index (χ2v) is 9.18. The summed E-state index contributed by atoms with van der Waals surface area (Å²) in [4.78, 5) is 19.1. The van der Waals surface area contributed by atoms with Crippen LogP contribution in [-0.4, -0.2) is 31.8 Å². The summed E-state index contributed by atoms with van der Waals surface area (Å²) >= 11 is 4.89. The Labute approximate surface area is 210 Å². The molecule has 0 saturated carbocycles. The van der Waals surface area contributed by atoms with Crippen LogP contribution in [0.25, 0.3) is 21.7 Å². The molecule has 0 atom stereocenters. The zero-order valence-corrected chi connectivity index (χ0v) is 21.6. The van der Waals surface area contributed by atoms with Gasteiger partial charge in [0.25, 0.3) is 5.91 Å². The van der Waals surface area contributed by atoms with Crippen molar-refractivity contribution in [2.24, 2.45) is 12.0 Å². The highest BCUT2D eigenvalue weighted by atomic mass is 79.9. The molecule has 0 saturated heterocycles. The van der Waals surface area contributed by atoms with E-state index < -0.39 is 0 Å². The normalized spacial score (nSPS) is 11.4. The monoisotopic (exact) mass is 538 g/mol. The molecule has 0 fully saturated rings. The lowest BCUT2D eigenvalue weighted by Gasteiger charge is -2.09. The molecule has 0 N–H and O–H groups in total. The fourth-order valence-corrected chi connectivity index (χ4v) is 5.20. The number of hydrogen-bond acceptors (Lipinski definition) is 5. The van der Waals surface area contributed by atoms with Gasteiger partial charge in [0.15, 0.2) is 4.80 Å². The summed E-state index contributed by atoms with van der Waals surface area (Å²) in [7, 11) is 6.78. The van der Waals surface area contributed by atoms with Crippen LogP contribution >= 0.6 is 27.3 Å². The van der Waals surface area contributed by atoms with Gasteiger partial charge in [0.1, 0.15) is 17.2 Å². The van der Waals surface area contributed by atoms with Crippen LogP contribution in [0.5, 0.6) is 17.2 Å². The van der Waals surface area contributed by atoms with E-state index in [4.69, 9.17) is 14.2 Å². The number of carbonyl (C=O) groups excluding carboxylic acids is 1. The second kappa shape index (κ2) is 10.3. The van der Waals surface area contributed by atoms with Crippen molar-refractivity contribution in [3.05, 3.63) is 81.6 Å². The highest BCUT2D eigenvalue weighted by molar-refractivity contribution is 9.10. The Bertz CT molecular complexity index is 1390. The molecule has 0 spiro atoms. The number of rotatable bonds is 6. The fourth-order valence-electron chi connectivity index (χ4n) is 3.52. The summed E-state index contributed by atoms with van der Waals surface area (Å²) in [5, 5.41) is 0. The maximum Gasteiger partial charge on any atom is 0.279 e. The van der Waals surface area contributed by atoms with E-state index in [1.165, 1.54) is 11.3 Å². The molecule has 0 aliphatic rings. The molecule has 174 valence electrons. The Morgan fingerprint density at radius 1 is 0.853 bits per heavy atom. The van der Waals surface area contributed by atoms with E-state index in [2.05, 4.69) is 20.9 Å². The van der Waals surface area contributed by atoms with E-state index in [0.717, 1.165) is 33.2 Å². The second-order valence-electron chi connectivity index (χ2n) is 7.34. The largest absolute Gasteiger partial charge is 0.497 e. The number of thiazole rings is 1. The van der Waals surface area contributed by atoms with Gasteiger partial charge in [-0.15, -0.1) is 0 Å². The first kappa shape index (κ1) is 23.8. The molecule has 1 amide bonds. The standard InChI is InChI=1S/C26H23BrN2O4S/c1-29-23(16-5-10-19(31-2)11-6-16)24(17-7-12-20(32-3)13-8-17)34-26(29)28-25(30)18-9-14-22(33-4)21(27)15-18/h5-15H,1-4H3. The molecular weight excluding hydrogens is 516 g/mol. The molecule has 6 nitrogen and oxygen atoms in total. The van der Waals surface area contributed by atoms with Gasteiger partial charge in [-0.1, -0.05) is 11.3 Å². The first-order valence-corrected chi connectivity index (χ1v) is 12.0. The Hall–Kier alpha value is -3.36. The molecule has 34 heavy (non-hydrogen) atoms.